The highest BCUT2D eigenvalue weighted by atomic mass is 14.7. The fraction of sp³-hybridized carbons (Fsp3) is 0. The maximum atomic E-state index is 5.59. The number of aliphatic imine (C=N–C) groups is 1. The van der Waals surface area contributed by atoms with E-state index in [2.05, 4.69) is 4.99 Å². The molecule has 2 aromatic carbocycles. The number of nitrogen functional groups attached to an aromatic ring is 1. The second-order valence-corrected chi connectivity index (χ2v) is 3.26. The van der Waals surface area contributed by atoms with Gasteiger partial charge in [-0.2, -0.15) is 0 Å². The summed E-state index contributed by atoms with van der Waals surface area (Å²) in [6.07, 6.45) is 1.83. The van der Waals surface area contributed by atoms with E-state index >= 15 is 0 Å². The molecule has 2 heteroatoms. The molecule has 0 atom stereocenters. The summed E-state index contributed by atoms with van der Waals surface area (Å²) >= 11 is 0. The fourth-order valence-corrected chi connectivity index (χ4v) is 1.25. The highest BCUT2D eigenvalue weighted by molar-refractivity contribution is 5.82. The highest BCUT2D eigenvalue weighted by Gasteiger charge is 1.88. The maximum absolute atomic E-state index is 5.59. The molecule has 74 valence electrons. The van der Waals surface area contributed by atoms with Crippen molar-refractivity contribution >= 4 is 17.6 Å². The van der Waals surface area contributed by atoms with E-state index in [0.29, 0.717) is 0 Å². The molecule has 0 saturated heterocycles. The summed E-state index contributed by atoms with van der Waals surface area (Å²) in [6.45, 7) is 0. The summed E-state index contributed by atoms with van der Waals surface area (Å²) in [5.41, 5.74) is 8.36. The first kappa shape index (κ1) is 9.46. The van der Waals surface area contributed by atoms with Crippen LogP contribution >= 0.6 is 0 Å². The molecule has 0 heterocycles. The van der Waals surface area contributed by atoms with Gasteiger partial charge < -0.3 is 5.73 Å². The number of hydrogen-bond acceptors (Lipinski definition) is 2. The van der Waals surface area contributed by atoms with Gasteiger partial charge in [0.05, 0.1) is 5.69 Å². The first-order chi connectivity index (χ1) is 7.34. The maximum Gasteiger partial charge on any atom is 0.0629 e. The second kappa shape index (κ2) is 4.42. The second-order valence-electron chi connectivity index (χ2n) is 3.26. The molecular formula is C13H12N2. The lowest BCUT2D eigenvalue weighted by Crippen LogP contribution is -1.85. The molecular weight excluding hydrogens is 184 g/mol. The molecule has 0 fully saturated rings. The Morgan fingerprint density at radius 1 is 0.867 bits per heavy atom. The van der Waals surface area contributed by atoms with E-state index in [1.807, 2.05) is 60.8 Å². The third kappa shape index (κ3) is 2.68. The molecule has 0 amide bonds. The Balaban J connectivity index is 2.15. The molecule has 0 radical (unpaired) electrons. The van der Waals surface area contributed by atoms with Gasteiger partial charge in [-0.15, -0.1) is 0 Å². The van der Waals surface area contributed by atoms with Crippen LogP contribution in [0.4, 0.5) is 11.4 Å². The average Bonchev–Trinajstić information content (AvgIpc) is 2.30. The van der Waals surface area contributed by atoms with E-state index in [-0.39, 0.29) is 0 Å². The summed E-state index contributed by atoms with van der Waals surface area (Å²) in [6, 6.07) is 17.5. The summed E-state index contributed by atoms with van der Waals surface area (Å²) in [4.78, 5) is 4.34. The lowest BCUT2D eigenvalue weighted by atomic mass is 10.2. The van der Waals surface area contributed by atoms with Crippen molar-refractivity contribution in [1.82, 2.24) is 0 Å². The van der Waals surface area contributed by atoms with Crippen molar-refractivity contribution in [3.8, 4) is 0 Å². The predicted molar refractivity (Wildman–Crippen MR) is 64.6 cm³/mol. The lowest BCUT2D eigenvalue weighted by molar-refractivity contribution is 1.53. The van der Waals surface area contributed by atoms with Gasteiger partial charge >= 0.3 is 0 Å². The Bertz CT molecular complexity index is 444. The molecule has 2 nitrogen and oxygen atoms in total. The molecule has 2 aromatic rings. The van der Waals surface area contributed by atoms with Crippen molar-refractivity contribution in [1.29, 1.82) is 0 Å². The normalized spacial score (nSPS) is 10.7. The molecule has 0 aliphatic heterocycles. The molecule has 0 bridgehead atoms. The first-order valence-corrected chi connectivity index (χ1v) is 4.79. The summed E-state index contributed by atoms with van der Waals surface area (Å²) in [5.74, 6) is 0. The zero-order chi connectivity index (χ0) is 10.5. The number of para-hydroxylation sites is 1. The molecule has 0 saturated carbocycles. The molecule has 2 N–H and O–H groups in total. The van der Waals surface area contributed by atoms with Crippen LogP contribution < -0.4 is 5.73 Å². The number of anilines is 1. The largest absolute Gasteiger partial charge is 0.399 e. The van der Waals surface area contributed by atoms with Gasteiger partial charge in [0.1, 0.15) is 0 Å². The monoisotopic (exact) mass is 196 g/mol. The highest BCUT2D eigenvalue weighted by Crippen LogP contribution is 2.10. The summed E-state index contributed by atoms with van der Waals surface area (Å²) in [7, 11) is 0. The number of nitrogens with two attached hydrogens (primary N) is 1. The van der Waals surface area contributed by atoms with Crippen molar-refractivity contribution in [2.24, 2.45) is 4.99 Å². The number of benzene rings is 2. The van der Waals surface area contributed by atoms with Gasteiger partial charge in [-0.25, -0.2) is 0 Å². The fourth-order valence-electron chi connectivity index (χ4n) is 1.25. The molecule has 2 rings (SSSR count). The first-order valence-electron chi connectivity index (χ1n) is 4.79. The molecule has 0 aliphatic rings. The predicted octanol–water partition coefficient (Wildman–Crippen LogP) is 3.02. The molecule has 0 unspecified atom stereocenters. The van der Waals surface area contributed by atoms with E-state index in [1.165, 1.54) is 0 Å². The summed E-state index contributed by atoms with van der Waals surface area (Å²) < 4.78 is 0. The van der Waals surface area contributed by atoms with Crippen molar-refractivity contribution in [2.45, 2.75) is 0 Å². The van der Waals surface area contributed by atoms with Crippen LogP contribution in [0.2, 0.25) is 0 Å². The van der Waals surface area contributed by atoms with E-state index in [9.17, 15) is 0 Å². The Labute approximate surface area is 89.1 Å². The molecule has 0 spiro atoms. The van der Waals surface area contributed by atoms with Gasteiger partial charge in [-0.1, -0.05) is 30.3 Å². The van der Waals surface area contributed by atoms with Crippen LogP contribution in [0.1, 0.15) is 5.56 Å². The SMILES string of the molecule is Nc1ccc(C=Nc2ccccc2)cc1. The van der Waals surface area contributed by atoms with Crippen molar-refractivity contribution in [3.63, 3.8) is 0 Å². The van der Waals surface area contributed by atoms with Crippen LogP contribution in [-0.4, -0.2) is 6.21 Å². The van der Waals surface area contributed by atoms with Crippen molar-refractivity contribution < 1.29 is 0 Å². The Morgan fingerprint density at radius 3 is 2.20 bits per heavy atom. The smallest absolute Gasteiger partial charge is 0.0629 e. The van der Waals surface area contributed by atoms with Crippen LogP contribution in [0, 0.1) is 0 Å². The zero-order valence-corrected chi connectivity index (χ0v) is 8.30. The number of rotatable bonds is 2. The molecule has 15 heavy (non-hydrogen) atoms. The summed E-state index contributed by atoms with van der Waals surface area (Å²) in [5, 5.41) is 0. The van der Waals surface area contributed by atoms with Crippen LogP contribution in [0.25, 0.3) is 0 Å². The van der Waals surface area contributed by atoms with Crippen molar-refractivity contribution in [3.05, 3.63) is 60.2 Å². The Hall–Kier alpha value is -2.09. The quantitative estimate of drug-likeness (QED) is 0.582. The Morgan fingerprint density at radius 2 is 1.53 bits per heavy atom. The topological polar surface area (TPSA) is 38.4 Å². The van der Waals surface area contributed by atoms with Gasteiger partial charge in [0.2, 0.25) is 0 Å². The van der Waals surface area contributed by atoms with Crippen molar-refractivity contribution in [2.75, 3.05) is 5.73 Å². The minimum atomic E-state index is 0.770. The van der Waals surface area contributed by atoms with Crippen LogP contribution in [0.15, 0.2) is 59.6 Å². The zero-order valence-electron chi connectivity index (χ0n) is 8.30. The van der Waals surface area contributed by atoms with Gasteiger partial charge in [0.15, 0.2) is 0 Å². The van der Waals surface area contributed by atoms with Gasteiger partial charge in [0, 0.05) is 11.9 Å². The standard InChI is InChI=1S/C13H12N2/c14-12-8-6-11(7-9-12)10-15-13-4-2-1-3-5-13/h1-10H,14H2. The van der Waals surface area contributed by atoms with E-state index in [4.69, 9.17) is 5.73 Å². The van der Waals surface area contributed by atoms with Gasteiger partial charge in [-0.05, 0) is 29.8 Å². The van der Waals surface area contributed by atoms with E-state index < -0.39 is 0 Å². The van der Waals surface area contributed by atoms with E-state index in [1.54, 1.807) is 0 Å². The number of hydrogen-bond donors (Lipinski definition) is 1. The average molecular weight is 196 g/mol. The van der Waals surface area contributed by atoms with Gasteiger partial charge in [0.25, 0.3) is 0 Å². The van der Waals surface area contributed by atoms with Crippen LogP contribution in [-0.2, 0) is 0 Å². The van der Waals surface area contributed by atoms with Gasteiger partial charge in [-0.3, -0.25) is 4.99 Å². The van der Waals surface area contributed by atoms with Crippen LogP contribution in [0.5, 0.6) is 0 Å². The number of nitrogens with zero attached hydrogens (tertiary/aromatic N) is 1. The Kier molecular flexibility index (Phi) is 2.79. The van der Waals surface area contributed by atoms with E-state index in [0.717, 1.165) is 16.9 Å². The lowest BCUT2D eigenvalue weighted by Gasteiger charge is -1.94. The van der Waals surface area contributed by atoms with Crippen LogP contribution in [0.3, 0.4) is 0 Å². The molecule has 0 aromatic heterocycles. The minimum Gasteiger partial charge on any atom is -0.399 e. The third-order valence-electron chi connectivity index (χ3n) is 2.06. The minimum absolute atomic E-state index is 0.770. The third-order valence-corrected chi connectivity index (χ3v) is 2.06. The molecule has 0 aliphatic carbocycles.